The molecule has 1 fully saturated rings. The highest BCUT2D eigenvalue weighted by Crippen LogP contribution is 2.32. The number of piperidine rings is 1. The summed E-state index contributed by atoms with van der Waals surface area (Å²) in [6.45, 7) is 4.42. The maximum absolute atomic E-state index is 14.7. The first-order valence-corrected chi connectivity index (χ1v) is 18.2. The molecule has 1 atom stereocenters. The molecule has 20 heteroatoms. The van der Waals surface area contributed by atoms with Crippen molar-refractivity contribution < 1.29 is 47.1 Å². The van der Waals surface area contributed by atoms with Crippen LogP contribution >= 0.6 is 0 Å². The number of hydrogen-bond donors (Lipinski definition) is 5. The summed E-state index contributed by atoms with van der Waals surface area (Å²) >= 11 is 0. The zero-order valence-corrected chi connectivity index (χ0v) is 31.3. The van der Waals surface area contributed by atoms with Gasteiger partial charge in [-0.05, 0) is 50.6 Å². The lowest BCUT2D eigenvalue weighted by atomic mass is 10.0. The Labute approximate surface area is 329 Å². The lowest BCUT2D eigenvalue weighted by molar-refractivity contribution is -0.136. The molecule has 302 valence electrons. The van der Waals surface area contributed by atoms with Gasteiger partial charge < -0.3 is 30.6 Å². The maximum Gasteiger partial charge on any atom is 0.264 e. The smallest absolute Gasteiger partial charge is 0.264 e. The Kier molecular flexibility index (Phi) is 12.5. The van der Waals surface area contributed by atoms with Crippen molar-refractivity contribution in [2.75, 3.05) is 42.3 Å². The average Bonchev–Trinajstić information content (AvgIpc) is 3.78. The van der Waals surface area contributed by atoms with Crippen molar-refractivity contribution in [3.8, 4) is 11.5 Å². The van der Waals surface area contributed by atoms with Crippen LogP contribution in [-0.2, 0) is 23.9 Å². The molecule has 6 rings (SSSR count). The number of rotatable bonds is 16. The molecule has 2 aromatic carbocycles. The number of hydrogen-bond acceptors (Lipinski definition) is 12. The lowest BCUT2D eigenvalue weighted by Crippen LogP contribution is -2.54. The second-order valence-electron chi connectivity index (χ2n) is 13.4. The number of aromatic nitrogens is 4. The van der Waals surface area contributed by atoms with E-state index in [1.54, 1.807) is 35.2 Å². The molecule has 2 aromatic heterocycles. The number of ether oxygens (including phenoxy) is 1. The summed E-state index contributed by atoms with van der Waals surface area (Å²) < 4.78 is 36.6. The van der Waals surface area contributed by atoms with Crippen molar-refractivity contribution in [1.82, 2.24) is 35.3 Å². The molecule has 7 amide bonds. The van der Waals surface area contributed by atoms with E-state index in [4.69, 9.17) is 4.74 Å². The third-order valence-corrected chi connectivity index (χ3v) is 9.10. The fourth-order valence-corrected chi connectivity index (χ4v) is 6.25. The Bertz CT molecular complexity index is 2300. The SMILES string of the molecule is CC(C)n1cnnc1-c1cccc(NC(=O)c2cc(NC(=O)CCC(=O)NCCOCCNc3cccc4c3C(=O)N(C3CCC(=O)NC3=O)C4=O)c(F)cc2F)n1. The van der Waals surface area contributed by atoms with Gasteiger partial charge in [0.15, 0.2) is 5.82 Å². The van der Waals surface area contributed by atoms with E-state index in [2.05, 4.69) is 41.8 Å². The fraction of sp³-hybridized carbons (Fsp3) is 0.316. The molecule has 4 aromatic rings. The van der Waals surface area contributed by atoms with E-state index in [1.165, 1.54) is 12.1 Å². The summed E-state index contributed by atoms with van der Waals surface area (Å²) in [4.78, 5) is 93.2. The number of benzene rings is 2. The first kappa shape index (κ1) is 40.7. The number of fused-ring (bicyclic) bond motifs is 1. The van der Waals surface area contributed by atoms with Gasteiger partial charge in [0.2, 0.25) is 23.6 Å². The number of carbonyl (C=O) groups excluding carboxylic acids is 7. The molecule has 0 aliphatic carbocycles. The Morgan fingerprint density at radius 2 is 1.67 bits per heavy atom. The minimum absolute atomic E-state index is 0.00720. The number of nitrogens with one attached hydrogen (secondary N) is 5. The van der Waals surface area contributed by atoms with Gasteiger partial charge in [-0.25, -0.2) is 13.8 Å². The Balaban J connectivity index is 0.914. The van der Waals surface area contributed by atoms with Gasteiger partial charge in [0, 0.05) is 50.1 Å². The van der Waals surface area contributed by atoms with Crippen LogP contribution in [0.3, 0.4) is 0 Å². The number of anilines is 3. The number of carbonyl (C=O) groups is 7. The van der Waals surface area contributed by atoms with Crippen LogP contribution in [0.5, 0.6) is 0 Å². The average molecular weight is 801 g/mol. The number of halogens is 2. The lowest BCUT2D eigenvalue weighted by Gasteiger charge is -2.27. The molecule has 4 heterocycles. The van der Waals surface area contributed by atoms with E-state index in [-0.39, 0.29) is 75.0 Å². The highest BCUT2D eigenvalue weighted by molar-refractivity contribution is 6.25. The molecule has 1 saturated heterocycles. The standard InChI is InChI=1S/C38H38F2N10O8/c1-20(2)49-19-43-48-34(49)26-7-4-8-29(44-26)46-35(54)22-17-27(24(40)18-23(22)39)45-31(52)12-11-30(51)42-14-16-58-15-13-41-25-6-3-5-21-33(25)38(57)50(37(21)56)28-9-10-32(53)47-36(28)55/h3-8,17-20,28,41H,9-16H2,1-2H3,(H,42,51)(H,45,52)(H,44,46,54)(H,47,53,55). The van der Waals surface area contributed by atoms with Gasteiger partial charge >= 0.3 is 0 Å². The van der Waals surface area contributed by atoms with Crippen LogP contribution in [0.2, 0.25) is 0 Å². The van der Waals surface area contributed by atoms with Crippen molar-refractivity contribution in [3.63, 3.8) is 0 Å². The summed E-state index contributed by atoms with van der Waals surface area (Å²) in [5.41, 5.74) is -0.0154. The van der Waals surface area contributed by atoms with E-state index in [0.717, 1.165) is 11.0 Å². The largest absolute Gasteiger partial charge is 0.382 e. The van der Waals surface area contributed by atoms with Gasteiger partial charge in [-0.1, -0.05) is 12.1 Å². The maximum atomic E-state index is 14.7. The molecular formula is C38H38F2N10O8. The van der Waals surface area contributed by atoms with E-state index in [9.17, 15) is 42.3 Å². The number of pyridine rings is 1. The summed E-state index contributed by atoms with van der Waals surface area (Å²) in [6, 6.07) is 9.69. The Hall–Kier alpha value is -6.96. The molecule has 18 nitrogen and oxygen atoms in total. The van der Waals surface area contributed by atoms with Crippen molar-refractivity contribution in [1.29, 1.82) is 0 Å². The molecule has 0 bridgehead atoms. The number of amides is 7. The summed E-state index contributed by atoms with van der Waals surface area (Å²) in [5.74, 6) is -6.43. The zero-order valence-electron chi connectivity index (χ0n) is 31.3. The molecule has 0 radical (unpaired) electrons. The molecule has 58 heavy (non-hydrogen) atoms. The van der Waals surface area contributed by atoms with Gasteiger partial charge in [-0.15, -0.1) is 10.2 Å². The highest BCUT2D eigenvalue weighted by atomic mass is 19.1. The molecular weight excluding hydrogens is 762 g/mol. The normalized spacial score (nSPS) is 15.0. The van der Waals surface area contributed by atoms with Crippen LogP contribution in [0.15, 0.2) is 54.9 Å². The van der Waals surface area contributed by atoms with Crippen molar-refractivity contribution in [2.45, 2.75) is 51.6 Å². The predicted octanol–water partition coefficient (Wildman–Crippen LogP) is 2.82. The van der Waals surface area contributed by atoms with Crippen LogP contribution < -0.4 is 26.6 Å². The van der Waals surface area contributed by atoms with E-state index < -0.39 is 70.3 Å². The van der Waals surface area contributed by atoms with Crippen LogP contribution in [0.4, 0.5) is 26.0 Å². The third kappa shape index (κ3) is 9.18. The fourth-order valence-electron chi connectivity index (χ4n) is 6.25. The molecule has 0 spiro atoms. The van der Waals surface area contributed by atoms with Gasteiger partial charge in [0.1, 0.15) is 35.5 Å². The molecule has 1 unspecified atom stereocenters. The minimum Gasteiger partial charge on any atom is -0.382 e. The van der Waals surface area contributed by atoms with Gasteiger partial charge in [0.05, 0.1) is 35.6 Å². The van der Waals surface area contributed by atoms with Crippen LogP contribution in [0, 0.1) is 11.6 Å². The molecule has 2 aliphatic rings. The van der Waals surface area contributed by atoms with Crippen LogP contribution in [-0.4, -0.2) is 98.3 Å². The quantitative estimate of drug-likeness (QED) is 0.0813. The molecule has 2 aliphatic heterocycles. The van der Waals surface area contributed by atoms with Crippen molar-refractivity contribution in [3.05, 3.63) is 83.2 Å². The third-order valence-electron chi connectivity index (χ3n) is 9.10. The summed E-state index contributed by atoms with van der Waals surface area (Å²) in [5, 5.41) is 20.5. The first-order chi connectivity index (χ1) is 27.8. The molecule has 5 N–H and O–H groups in total. The summed E-state index contributed by atoms with van der Waals surface area (Å²) in [6.07, 6.45) is 0.971. The Morgan fingerprint density at radius 1 is 0.914 bits per heavy atom. The first-order valence-electron chi connectivity index (χ1n) is 18.2. The highest BCUT2D eigenvalue weighted by Gasteiger charge is 2.45. The van der Waals surface area contributed by atoms with Crippen molar-refractivity contribution in [2.24, 2.45) is 0 Å². The second-order valence-corrected chi connectivity index (χ2v) is 13.4. The molecule has 0 saturated carbocycles. The number of nitrogens with zero attached hydrogens (tertiary/aromatic N) is 5. The van der Waals surface area contributed by atoms with E-state index >= 15 is 0 Å². The zero-order chi connectivity index (χ0) is 41.5. The topological polar surface area (TPSA) is 236 Å². The monoisotopic (exact) mass is 800 g/mol. The van der Waals surface area contributed by atoms with Gasteiger partial charge in [0.25, 0.3) is 17.7 Å². The second kappa shape index (κ2) is 17.9. The van der Waals surface area contributed by atoms with Crippen LogP contribution in [0.1, 0.15) is 76.6 Å². The predicted molar refractivity (Wildman–Crippen MR) is 201 cm³/mol. The van der Waals surface area contributed by atoms with Gasteiger partial charge in [-0.3, -0.25) is 43.8 Å². The van der Waals surface area contributed by atoms with Gasteiger partial charge in [-0.2, -0.15) is 0 Å². The summed E-state index contributed by atoms with van der Waals surface area (Å²) in [7, 11) is 0. The number of imide groups is 2. The van der Waals surface area contributed by atoms with E-state index in [1.807, 2.05) is 13.8 Å². The minimum atomic E-state index is -1.17. The van der Waals surface area contributed by atoms with Crippen LogP contribution in [0.25, 0.3) is 11.5 Å². The van der Waals surface area contributed by atoms with Crippen molar-refractivity contribution >= 4 is 58.5 Å². The Morgan fingerprint density at radius 3 is 2.45 bits per heavy atom. The van der Waals surface area contributed by atoms with E-state index in [0.29, 0.717) is 23.3 Å².